The first-order valence-electron chi connectivity index (χ1n) is 11.2. The minimum Gasteiger partial charge on any atom is -0.352 e. The Kier molecular flexibility index (Phi) is 4.96. The zero-order valence-corrected chi connectivity index (χ0v) is 19.7. The highest BCUT2D eigenvalue weighted by molar-refractivity contribution is 9.10. The lowest BCUT2D eigenvalue weighted by atomic mass is 9.47. The van der Waals surface area contributed by atoms with Crippen LogP contribution < -0.4 is 10.6 Å². The number of hydrogen-bond donors (Lipinski definition) is 2. The second-order valence-electron chi connectivity index (χ2n) is 11.6. The molecule has 4 nitrogen and oxygen atoms in total. The Morgan fingerprint density at radius 1 is 1.07 bits per heavy atom. The molecule has 0 aromatic carbocycles. The standard InChI is InChI=1S/C23H37BrN2O2/c1-21(2,3)26-19(27)16-8-7-14-13-6-9-18-23(5,12-17(24)20(28)25-18)15(13)10-11-22(14,16)4/h13-18H,6-12H2,1-5H3,(H,25,28)(H,26,27)/t13-,14-,15-,16+,17?,18+,22-,23+/m0/s1. The molecule has 0 aromatic rings. The van der Waals surface area contributed by atoms with Gasteiger partial charge in [0, 0.05) is 17.5 Å². The van der Waals surface area contributed by atoms with Crippen LogP contribution in [0.15, 0.2) is 0 Å². The largest absolute Gasteiger partial charge is 0.352 e. The van der Waals surface area contributed by atoms with Gasteiger partial charge in [-0.05, 0) is 94.3 Å². The molecule has 1 heterocycles. The molecule has 4 rings (SSSR count). The molecule has 0 bridgehead atoms. The summed E-state index contributed by atoms with van der Waals surface area (Å²) < 4.78 is 0. The van der Waals surface area contributed by atoms with Gasteiger partial charge in [-0.25, -0.2) is 0 Å². The van der Waals surface area contributed by atoms with E-state index >= 15 is 0 Å². The lowest BCUT2D eigenvalue weighted by molar-refractivity contribution is -0.141. The van der Waals surface area contributed by atoms with Crippen LogP contribution >= 0.6 is 15.9 Å². The van der Waals surface area contributed by atoms with Crippen LogP contribution in [-0.2, 0) is 9.59 Å². The average Bonchev–Trinajstić information content (AvgIpc) is 2.92. The van der Waals surface area contributed by atoms with E-state index in [2.05, 4.69) is 61.2 Å². The number of rotatable bonds is 1. The van der Waals surface area contributed by atoms with Crippen LogP contribution in [0.25, 0.3) is 0 Å². The normalized spacial score (nSPS) is 48.1. The van der Waals surface area contributed by atoms with Crippen molar-refractivity contribution in [2.45, 2.75) is 96.0 Å². The van der Waals surface area contributed by atoms with E-state index in [0.717, 1.165) is 25.7 Å². The van der Waals surface area contributed by atoms with Crippen LogP contribution in [0, 0.1) is 34.5 Å². The molecule has 5 heteroatoms. The molecular formula is C23H37BrN2O2. The average molecular weight is 453 g/mol. The molecule has 3 aliphatic carbocycles. The van der Waals surface area contributed by atoms with E-state index in [1.54, 1.807) is 0 Å². The zero-order chi connectivity index (χ0) is 20.5. The summed E-state index contributed by atoms with van der Waals surface area (Å²) in [4.78, 5) is 25.2. The summed E-state index contributed by atoms with van der Waals surface area (Å²) in [6.07, 6.45) is 7.79. The van der Waals surface area contributed by atoms with E-state index in [-0.39, 0.29) is 38.9 Å². The second-order valence-corrected chi connectivity index (χ2v) is 12.7. The molecule has 0 radical (unpaired) electrons. The molecule has 2 N–H and O–H groups in total. The summed E-state index contributed by atoms with van der Waals surface area (Å²) in [5.74, 6) is 2.59. The predicted molar refractivity (Wildman–Crippen MR) is 115 cm³/mol. The number of amides is 2. The molecular weight excluding hydrogens is 416 g/mol. The molecule has 4 fully saturated rings. The Balaban J connectivity index is 1.56. The van der Waals surface area contributed by atoms with Gasteiger partial charge < -0.3 is 10.6 Å². The quantitative estimate of drug-likeness (QED) is 0.578. The van der Waals surface area contributed by atoms with Gasteiger partial charge in [0.05, 0.1) is 4.83 Å². The molecule has 3 saturated carbocycles. The molecule has 1 unspecified atom stereocenters. The fraction of sp³-hybridized carbons (Fsp3) is 0.913. The van der Waals surface area contributed by atoms with Gasteiger partial charge in [0.15, 0.2) is 0 Å². The van der Waals surface area contributed by atoms with E-state index in [9.17, 15) is 9.59 Å². The Labute approximate surface area is 178 Å². The molecule has 4 aliphatic rings. The van der Waals surface area contributed by atoms with Gasteiger partial charge in [0.1, 0.15) is 0 Å². The van der Waals surface area contributed by atoms with Crippen LogP contribution in [0.5, 0.6) is 0 Å². The van der Waals surface area contributed by atoms with Gasteiger partial charge >= 0.3 is 0 Å². The van der Waals surface area contributed by atoms with Gasteiger partial charge in [-0.2, -0.15) is 0 Å². The molecule has 0 spiro atoms. The van der Waals surface area contributed by atoms with Gasteiger partial charge in [-0.1, -0.05) is 29.8 Å². The van der Waals surface area contributed by atoms with Gasteiger partial charge in [-0.3, -0.25) is 9.59 Å². The minimum atomic E-state index is -0.167. The number of piperidine rings is 1. The van der Waals surface area contributed by atoms with Crippen LogP contribution in [-0.4, -0.2) is 28.2 Å². The van der Waals surface area contributed by atoms with Gasteiger partial charge in [0.25, 0.3) is 0 Å². The number of alkyl halides is 1. The molecule has 8 atom stereocenters. The van der Waals surface area contributed by atoms with Crippen molar-refractivity contribution in [2.24, 2.45) is 34.5 Å². The Hall–Kier alpha value is -0.580. The van der Waals surface area contributed by atoms with Crippen molar-refractivity contribution < 1.29 is 9.59 Å². The predicted octanol–water partition coefficient (Wildman–Crippen LogP) is 4.41. The fourth-order valence-electron chi connectivity index (χ4n) is 7.62. The van der Waals surface area contributed by atoms with Crippen molar-refractivity contribution in [2.75, 3.05) is 0 Å². The summed E-state index contributed by atoms with van der Waals surface area (Å²) in [6, 6.07) is 0.320. The highest BCUT2D eigenvalue weighted by Gasteiger charge is 2.62. The van der Waals surface area contributed by atoms with Crippen molar-refractivity contribution in [1.82, 2.24) is 10.6 Å². The smallest absolute Gasteiger partial charge is 0.234 e. The number of halogens is 1. The number of carbonyl (C=O) groups excluding carboxylic acids is 2. The summed E-state index contributed by atoms with van der Waals surface area (Å²) in [6.45, 7) is 11.0. The molecule has 1 saturated heterocycles. The van der Waals surface area contributed by atoms with Gasteiger partial charge in [-0.15, -0.1) is 0 Å². The summed E-state index contributed by atoms with van der Waals surface area (Å²) in [5, 5.41) is 6.58. The molecule has 28 heavy (non-hydrogen) atoms. The van der Waals surface area contributed by atoms with Gasteiger partial charge in [0.2, 0.25) is 11.8 Å². The van der Waals surface area contributed by atoms with Crippen molar-refractivity contribution >= 4 is 27.7 Å². The van der Waals surface area contributed by atoms with Crippen LogP contribution in [0.4, 0.5) is 0 Å². The number of fused-ring (bicyclic) bond motifs is 5. The second kappa shape index (κ2) is 6.72. The third-order valence-electron chi connectivity index (χ3n) is 8.90. The Morgan fingerprint density at radius 3 is 2.43 bits per heavy atom. The van der Waals surface area contributed by atoms with Crippen molar-refractivity contribution in [3.8, 4) is 0 Å². The van der Waals surface area contributed by atoms with E-state index in [1.165, 1.54) is 19.3 Å². The number of carbonyl (C=O) groups is 2. The minimum absolute atomic E-state index is 0.0605. The van der Waals surface area contributed by atoms with E-state index in [4.69, 9.17) is 0 Å². The monoisotopic (exact) mass is 452 g/mol. The van der Waals surface area contributed by atoms with Crippen molar-refractivity contribution in [3.63, 3.8) is 0 Å². The van der Waals surface area contributed by atoms with Crippen LogP contribution in [0.3, 0.4) is 0 Å². The molecule has 158 valence electrons. The van der Waals surface area contributed by atoms with Crippen molar-refractivity contribution in [1.29, 1.82) is 0 Å². The third-order valence-corrected chi connectivity index (χ3v) is 9.64. The topological polar surface area (TPSA) is 58.2 Å². The highest BCUT2D eigenvalue weighted by Crippen LogP contribution is 2.65. The van der Waals surface area contributed by atoms with E-state index in [1.807, 2.05) is 0 Å². The first kappa shape index (κ1) is 20.7. The summed E-state index contributed by atoms with van der Waals surface area (Å²) >= 11 is 3.63. The lowest BCUT2D eigenvalue weighted by Gasteiger charge is -2.60. The number of hydrogen-bond acceptors (Lipinski definition) is 2. The third kappa shape index (κ3) is 3.15. The Bertz CT molecular complexity index is 674. The maximum atomic E-state index is 13.1. The number of nitrogens with one attached hydrogen (secondary N) is 2. The maximum absolute atomic E-state index is 13.1. The molecule has 1 aliphatic heterocycles. The summed E-state index contributed by atoms with van der Waals surface area (Å²) in [7, 11) is 0. The molecule has 2 amide bonds. The summed E-state index contributed by atoms with van der Waals surface area (Å²) in [5.41, 5.74) is 0.142. The maximum Gasteiger partial charge on any atom is 0.234 e. The van der Waals surface area contributed by atoms with E-state index < -0.39 is 0 Å². The van der Waals surface area contributed by atoms with Crippen molar-refractivity contribution in [3.05, 3.63) is 0 Å². The lowest BCUT2D eigenvalue weighted by Crippen LogP contribution is -2.63. The van der Waals surface area contributed by atoms with Crippen LogP contribution in [0.1, 0.15) is 79.6 Å². The fourth-order valence-corrected chi connectivity index (χ4v) is 8.44. The SMILES string of the molecule is CC(C)(C)NC(=O)[C@H]1CC[C@H]2[C@@H]3CC[C@H]4NC(=O)C(Br)C[C@]4(C)[C@H]3CC[C@]12C. The van der Waals surface area contributed by atoms with E-state index in [0.29, 0.717) is 23.8 Å². The zero-order valence-electron chi connectivity index (χ0n) is 18.1. The first-order valence-corrected chi connectivity index (χ1v) is 12.1. The molecule has 0 aromatic heterocycles. The first-order chi connectivity index (χ1) is 13.0. The van der Waals surface area contributed by atoms with Crippen LogP contribution in [0.2, 0.25) is 0 Å². The Morgan fingerprint density at radius 2 is 1.75 bits per heavy atom. The highest BCUT2D eigenvalue weighted by atomic mass is 79.9.